The van der Waals surface area contributed by atoms with Gasteiger partial charge in [-0.3, -0.25) is 4.98 Å². The molecule has 2 aromatic heterocycles. The first-order chi connectivity index (χ1) is 9.15. The summed E-state index contributed by atoms with van der Waals surface area (Å²) in [5, 5.41) is 2.70. The number of rotatable bonds is 2. The Bertz CT molecular complexity index is 755. The molecule has 0 saturated carbocycles. The van der Waals surface area contributed by atoms with Gasteiger partial charge in [-0.05, 0) is 25.1 Å². The highest BCUT2D eigenvalue weighted by molar-refractivity contribution is 8.01. The first-order valence-electron chi connectivity index (χ1n) is 5.58. The molecule has 0 saturated heterocycles. The SMILES string of the molecule is Cc1csc(Sc2c(F)cc(N)c3cccnc23)n1. The maximum absolute atomic E-state index is 14.1. The quantitative estimate of drug-likeness (QED) is 0.728. The van der Waals surface area contributed by atoms with E-state index in [1.165, 1.54) is 29.2 Å². The van der Waals surface area contributed by atoms with Crippen LogP contribution in [0.1, 0.15) is 5.69 Å². The molecule has 1 aromatic carbocycles. The first-order valence-corrected chi connectivity index (χ1v) is 7.27. The van der Waals surface area contributed by atoms with Gasteiger partial charge >= 0.3 is 0 Å². The van der Waals surface area contributed by atoms with Crippen molar-refractivity contribution in [1.82, 2.24) is 9.97 Å². The van der Waals surface area contributed by atoms with Crippen LogP contribution in [0.2, 0.25) is 0 Å². The second-order valence-electron chi connectivity index (χ2n) is 4.03. The zero-order chi connectivity index (χ0) is 13.4. The number of nitrogens with zero attached hydrogens (tertiary/aromatic N) is 2. The second-order valence-corrected chi connectivity index (χ2v) is 6.15. The molecule has 0 aliphatic heterocycles. The van der Waals surface area contributed by atoms with Crippen LogP contribution in [0.4, 0.5) is 10.1 Å². The van der Waals surface area contributed by atoms with E-state index in [0.29, 0.717) is 16.1 Å². The average molecular weight is 291 g/mol. The molecule has 3 aromatic rings. The Balaban J connectivity index is 2.17. The Morgan fingerprint density at radius 2 is 2.26 bits per heavy atom. The van der Waals surface area contributed by atoms with E-state index in [1.54, 1.807) is 12.3 Å². The lowest BCUT2D eigenvalue weighted by Crippen LogP contribution is -1.94. The van der Waals surface area contributed by atoms with E-state index in [9.17, 15) is 4.39 Å². The third kappa shape index (κ3) is 2.29. The van der Waals surface area contributed by atoms with Crippen molar-refractivity contribution in [3.05, 3.63) is 41.3 Å². The van der Waals surface area contributed by atoms with Crippen molar-refractivity contribution in [2.24, 2.45) is 0 Å². The number of thiazole rings is 1. The fraction of sp³-hybridized carbons (Fsp3) is 0.0769. The summed E-state index contributed by atoms with van der Waals surface area (Å²) in [6.45, 7) is 1.91. The molecule has 0 bridgehead atoms. The van der Waals surface area contributed by atoms with Gasteiger partial charge in [0.2, 0.25) is 0 Å². The summed E-state index contributed by atoms with van der Waals surface area (Å²) in [6, 6.07) is 4.97. The summed E-state index contributed by atoms with van der Waals surface area (Å²) < 4.78 is 14.9. The highest BCUT2D eigenvalue weighted by Gasteiger charge is 2.14. The number of aryl methyl sites for hydroxylation is 1. The highest BCUT2D eigenvalue weighted by atomic mass is 32.2. The number of nitrogens with two attached hydrogens (primary N) is 1. The van der Waals surface area contributed by atoms with Crippen LogP contribution in [0.15, 0.2) is 39.0 Å². The number of aromatic nitrogens is 2. The lowest BCUT2D eigenvalue weighted by Gasteiger charge is -2.07. The van der Waals surface area contributed by atoms with Gasteiger partial charge in [-0.25, -0.2) is 9.37 Å². The molecule has 0 fully saturated rings. The number of halogens is 1. The van der Waals surface area contributed by atoms with Crippen LogP contribution < -0.4 is 5.73 Å². The van der Waals surface area contributed by atoms with Crippen molar-refractivity contribution in [2.45, 2.75) is 16.2 Å². The van der Waals surface area contributed by atoms with Crippen LogP contribution in [-0.4, -0.2) is 9.97 Å². The Labute approximate surface area is 117 Å². The predicted octanol–water partition coefficient (Wildman–Crippen LogP) is 3.87. The minimum atomic E-state index is -0.360. The molecule has 19 heavy (non-hydrogen) atoms. The van der Waals surface area contributed by atoms with Crippen molar-refractivity contribution in [3.63, 3.8) is 0 Å². The Hall–Kier alpha value is -1.66. The number of hydrogen-bond donors (Lipinski definition) is 1. The van der Waals surface area contributed by atoms with Gasteiger partial charge in [0.1, 0.15) is 5.82 Å². The van der Waals surface area contributed by atoms with Crippen LogP contribution in [0.3, 0.4) is 0 Å². The van der Waals surface area contributed by atoms with E-state index in [1.807, 2.05) is 18.4 Å². The normalized spacial score (nSPS) is 11.1. The van der Waals surface area contributed by atoms with Crippen molar-refractivity contribution in [3.8, 4) is 0 Å². The van der Waals surface area contributed by atoms with Crippen LogP contribution >= 0.6 is 23.1 Å². The Kier molecular flexibility index (Phi) is 3.12. The van der Waals surface area contributed by atoms with Crippen LogP contribution in [-0.2, 0) is 0 Å². The standard InChI is InChI=1S/C13H10FN3S2/c1-7-6-18-13(17-7)19-12-9(14)5-10(15)8-3-2-4-16-11(8)12/h2-6H,15H2,1H3. The fourth-order valence-electron chi connectivity index (χ4n) is 1.78. The number of nitrogen functional groups attached to an aromatic ring is 1. The molecule has 0 spiro atoms. The predicted molar refractivity (Wildman–Crippen MR) is 77.1 cm³/mol. The van der Waals surface area contributed by atoms with Gasteiger partial charge in [0, 0.05) is 28.3 Å². The molecule has 0 aliphatic carbocycles. The number of benzene rings is 1. The number of anilines is 1. The van der Waals surface area contributed by atoms with Crippen molar-refractivity contribution in [1.29, 1.82) is 0 Å². The van der Waals surface area contributed by atoms with Gasteiger partial charge in [-0.15, -0.1) is 11.3 Å². The molecule has 6 heteroatoms. The fourth-order valence-corrected chi connectivity index (χ4v) is 3.66. The molecule has 3 rings (SSSR count). The van der Waals surface area contributed by atoms with Gasteiger partial charge in [0.15, 0.2) is 4.34 Å². The highest BCUT2D eigenvalue weighted by Crippen LogP contribution is 2.38. The lowest BCUT2D eigenvalue weighted by molar-refractivity contribution is 0.605. The first kappa shape index (κ1) is 12.4. The zero-order valence-corrected chi connectivity index (χ0v) is 11.7. The topological polar surface area (TPSA) is 51.8 Å². The molecular formula is C13H10FN3S2. The smallest absolute Gasteiger partial charge is 0.155 e. The molecule has 3 nitrogen and oxygen atoms in total. The van der Waals surface area contributed by atoms with Gasteiger partial charge < -0.3 is 5.73 Å². The number of pyridine rings is 1. The third-order valence-corrected chi connectivity index (χ3v) is 4.77. The maximum Gasteiger partial charge on any atom is 0.155 e. The van der Waals surface area contributed by atoms with E-state index in [0.717, 1.165) is 15.4 Å². The molecule has 0 unspecified atom stereocenters. The van der Waals surface area contributed by atoms with Crippen LogP contribution in [0.25, 0.3) is 10.9 Å². The summed E-state index contributed by atoms with van der Waals surface area (Å²) in [4.78, 5) is 9.05. The van der Waals surface area contributed by atoms with Gasteiger partial charge in [-0.2, -0.15) is 0 Å². The summed E-state index contributed by atoms with van der Waals surface area (Å²) in [6.07, 6.45) is 1.64. The maximum atomic E-state index is 14.1. The minimum Gasteiger partial charge on any atom is -0.398 e. The van der Waals surface area contributed by atoms with E-state index in [4.69, 9.17) is 5.73 Å². The Morgan fingerprint density at radius 1 is 1.42 bits per heavy atom. The van der Waals surface area contributed by atoms with E-state index in [2.05, 4.69) is 9.97 Å². The summed E-state index contributed by atoms with van der Waals surface area (Å²) in [5.74, 6) is -0.360. The van der Waals surface area contributed by atoms with Gasteiger partial charge in [0.05, 0.1) is 10.4 Å². The third-order valence-electron chi connectivity index (χ3n) is 2.62. The monoisotopic (exact) mass is 291 g/mol. The van der Waals surface area contributed by atoms with Crippen molar-refractivity contribution < 1.29 is 4.39 Å². The molecule has 2 N–H and O–H groups in total. The average Bonchev–Trinajstić information content (AvgIpc) is 2.80. The Morgan fingerprint density at radius 3 is 3.00 bits per heavy atom. The largest absolute Gasteiger partial charge is 0.398 e. The molecule has 0 amide bonds. The van der Waals surface area contributed by atoms with Gasteiger partial charge in [-0.1, -0.05) is 11.8 Å². The molecular weight excluding hydrogens is 281 g/mol. The number of hydrogen-bond acceptors (Lipinski definition) is 5. The van der Waals surface area contributed by atoms with Gasteiger partial charge in [0.25, 0.3) is 0 Å². The lowest BCUT2D eigenvalue weighted by atomic mass is 10.2. The van der Waals surface area contributed by atoms with Crippen LogP contribution in [0.5, 0.6) is 0 Å². The van der Waals surface area contributed by atoms with Crippen LogP contribution in [0, 0.1) is 12.7 Å². The molecule has 0 aliphatic rings. The molecule has 96 valence electrons. The molecule has 0 atom stereocenters. The van der Waals surface area contributed by atoms with E-state index < -0.39 is 0 Å². The van der Waals surface area contributed by atoms with E-state index in [-0.39, 0.29) is 5.82 Å². The van der Waals surface area contributed by atoms with E-state index >= 15 is 0 Å². The number of fused-ring (bicyclic) bond motifs is 1. The van der Waals surface area contributed by atoms with Crippen molar-refractivity contribution in [2.75, 3.05) is 5.73 Å². The summed E-state index contributed by atoms with van der Waals surface area (Å²) in [5.41, 5.74) is 7.74. The minimum absolute atomic E-state index is 0.360. The zero-order valence-electron chi connectivity index (χ0n) is 10.1. The summed E-state index contributed by atoms with van der Waals surface area (Å²) >= 11 is 2.78. The summed E-state index contributed by atoms with van der Waals surface area (Å²) in [7, 11) is 0. The van der Waals surface area contributed by atoms with Crippen molar-refractivity contribution >= 4 is 39.7 Å². The molecule has 2 heterocycles. The molecule has 0 radical (unpaired) electrons. The second kappa shape index (κ2) is 4.79.